The highest BCUT2D eigenvalue weighted by atomic mass is 16.5. The predicted molar refractivity (Wildman–Crippen MR) is 132 cm³/mol. The molecular formula is C27H34N2O7. The van der Waals surface area contributed by atoms with Crippen molar-refractivity contribution in [3.05, 3.63) is 71.3 Å². The molecule has 1 aliphatic heterocycles. The molecule has 3 rings (SSSR count). The van der Waals surface area contributed by atoms with E-state index in [-0.39, 0.29) is 38.1 Å². The Hall–Kier alpha value is -3.43. The van der Waals surface area contributed by atoms with Crippen LogP contribution in [0.25, 0.3) is 0 Å². The van der Waals surface area contributed by atoms with E-state index in [0.717, 1.165) is 11.1 Å². The summed E-state index contributed by atoms with van der Waals surface area (Å²) in [5.74, 6) is -0.589. The van der Waals surface area contributed by atoms with Crippen molar-refractivity contribution >= 4 is 18.0 Å². The summed E-state index contributed by atoms with van der Waals surface area (Å²) in [7, 11) is 1.32. The Morgan fingerprint density at radius 2 is 1.75 bits per heavy atom. The molecule has 194 valence electrons. The molecule has 2 aromatic carbocycles. The van der Waals surface area contributed by atoms with Gasteiger partial charge in [0.25, 0.3) is 0 Å². The van der Waals surface area contributed by atoms with Crippen molar-refractivity contribution in [3.63, 3.8) is 0 Å². The lowest BCUT2D eigenvalue weighted by molar-refractivity contribution is -0.133. The van der Waals surface area contributed by atoms with Gasteiger partial charge in [-0.1, -0.05) is 56.3 Å². The van der Waals surface area contributed by atoms with Crippen molar-refractivity contribution in [3.8, 4) is 0 Å². The highest BCUT2D eigenvalue weighted by molar-refractivity contribution is 5.89. The topological polar surface area (TPSA) is 114 Å². The number of likely N-dealkylation sites (tertiary alicyclic amines) is 1. The Morgan fingerprint density at radius 3 is 2.44 bits per heavy atom. The highest BCUT2D eigenvalue weighted by Crippen LogP contribution is 2.19. The number of ether oxygens (including phenoxy) is 3. The van der Waals surface area contributed by atoms with Gasteiger partial charge in [0.2, 0.25) is 5.91 Å². The van der Waals surface area contributed by atoms with Gasteiger partial charge in [-0.2, -0.15) is 0 Å². The van der Waals surface area contributed by atoms with Crippen LogP contribution in [-0.2, 0) is 32.2 Å². The van der Waals surface area contributed by atoms with Crippen LogP contribution in [0.5, 0.6) is 0 Å². The van der Waals surface area contributed by atoms with Crippen LogP contribution < -0.4 is 5.32 Å². The lowest BCUT2D eigenvalue weighted by Crippen LogP contribution is -2.49. The SMILES string of the molecule is COC(=O)c1cccc(COC2CN(C(=O)[C@H](CC(C)C)NC(=O)OCc3ccccc3)CC2O)c1. The molecule has 1 aliphatic rings. The zero-order valence-electron chi connectivity index (χ0n) is 20.9. The van der Waals surface area contributed by atoms with Gasteiger partial charge in [0, 0.05) is 13.1 Å². The van der Waals surface area contributed by atoms with E-state index in [1.54, 1.807) is 24.3 Å². The number of benzene rings is 2. The number of methoxy groups -OCH3 is 1. The van der Waals surface area contributed by atoms with Crippen molar-refractivity contribution in [2.24, 2.45) is 5.92 Å². The van der Waals surface area contributed by atoms with Crippen molar-refractivity contribution in [1.29, 1.82) is 0 Å². The quantitative estimate of drug-likeness (QED) is 0.484. The maximum absolute atomic E-state index is 13.2. The molecule has 2 unspecified atom stereocenters. The van der Waals surface area contributed by atoms with Crippen LogP contribution in [0.4, 0.5) is 4.79 Å². The summed E-state index contributed by atoms with van der Waals surface area (Å²) >= 11 is 0. The second kappa shape index (κ2) is 13.0. The molecule has 0 bridgehead atoms. The maximum Gasteiger partial charge on any atom is 0.408 e. The molecule has 0 radical (unpaired) electrons. The van der Waals surface area contributed by atoms with Gasteiger partial charge in [0.15, 0.2) is 0 Å². The number of esters is 1. The average Bonchev–Trinajstić information content (AvgIpc) is 3.25. The summed E-state index contributed by atoms with van der Waals surface area (Å²) in [6, 6.07) is 15.3. The third-order valence-corrected chi connectivity index (χ3v) is 5.87. The van der Waals surface area contributed by atoms with E-state index < -0.39 is 30.3 Å². The van der Waals surface area contributed by atoms with Crippen molar-refractivity contribution in [2.75, 3.05) is 20.2 Å². The molecule has 3 atom stereocenters. The minimum absolute atomic E-state index is 0.0983. The molecule has 2 aromatic rings. The number of hydrogen-bond donors (Lipinski definition) is 2. The number of nitrogens with zero attached hydrogens (tertiary/aromatic N) is 1. The van der Waals surface area contributed by atoms with Gasteiger partial charge in [-0.3, -0.25) is 4.79 Å². The van der Waals surface area contributed by atoms with Gasteiger partial charge in [-0.15, -0.1) is 0 Å². The van der Waals surface area contributed by atoms with Crippen LogP contribution in [0.1, 0.15) is 41.8 Å². The summed E-state index contributed by atoms with van der Waals surface area (Å²) in [4.78, 5) is 38.9. The second-order valence-electron chi connectivity index (χ2n) is 9.24. The Labute approximate surface area is 211 Å². The minimum atomic E-state index is -0.873. The van der Waals surface area contributed by atoms with Crippen LogP contribution in [0.3, 0.4) is 0 Å². The number of carbonyl (C=O) groups is 3. The number of aliphatic hydroxyl groups is 1. The fraction of sp³-hybridized carbons (Fsp3) is 0.444. The van der Waals surface area contributed by atoms with E-state index in [9.17, 15) is 19.5 Å². The summed E-state index contributed by atoms with van der Waals surface area (Å²) in [6.07, 6.45) is -1.71. The first-order valence-electron chi connectivity index (χ1n) is 12.0. The van der Waals surface area contributed by atoms with Gasteiger partial charge >= 0.3 is 12.1 Å². The fourth-order valence-corrected chi connectivity index (χ4v) is 4.03. The smallest absolute Gasteiger partial charge is 0.408 e. The number of alkyl carbamates (subject to hydrolysis) is 1. The predicted octanol–water partition coefficient (Wildman–Crippen LogP) is 2.90. The van der Waals surface area contributed by atoms with Crippen molar-refractivity contribution < 1.29 is 33.7 Å². The van der Waals surface area contributed by atoms with E-state index in [0.29, 0.717) is 12.0 Å². The molecule has 1 fully saturated rings. The van der Waals surface area contributed by atoms with Crippen LogP contribution >= 0.6 is 0 Å². The fourth-order valence-electron chi connectivity index (χ4n) is 4.03. The Kier molecular flexibility index (Phi) is 9.84. The van der Waals surface area contributed by atoms with Gasteiger partial charge in [0.05, 0.1) is 25.4 Å². The zero-order chi connectivity index (χ0) is 26.1. The Bertz CT molecular complexity index is 1030. The molecule has 9 heteroatoms. The zero-order valence-corrected chi connectivity index (χ0v) is 20.9. The third kappa shape index (κ3) is 7.79. The molecule has 0 spiro atoms. The first kappa shape index (κ1) is 27.2. The standard InChI is InChI=1S/C27H34N2O7/c1-18(2)12-22(28-27(33)36-16-19-8-5-4-6-9-19)25(31)29-14-23(30)24(15-29)35-17-20-10-7-11-21(13-20)26(32)34-3/h4-11,13,18,22-24,30H,12,14-17H2,1-3H3,(H,28,33)/t22-,23?,24?/m0/s1. The van der Waals surface area contributed by atoms with E-state index >= 15 is 0 Å². The monoisotopic (exact) mass is 498 g/mol. The van der Waals surface area contributed by atoms with E-state index in [1.165, 1.54) is 12.0 Å². The lowest BCUT2D eigenvalue weighted by atomic mass is 10.0. The van der Waals surface area contributed by atoms with Gasteiger partial charge in [-0.05, 0) is 35.6 Å². The molecule has 1 saturated heterocycles. The molecular weight excluding hydrogens is 464 g/mol. The number of hydrogen-bond acceptors (Lipinski definition) is 7. The van der Waals surface area contributed by atoms with E-state index in [2.05, 4.69) is 5.32 Å². The summed E-state index contributed by atoms with van der Waals surface area (Å²) in [5.41, 5.74) is 2.00. The maximum atomic E-state index is 13.2. The van der Waals surface area contributed by atoms with Crippen LogP contribution in [0.2, 0.25) is 0 Å². The largest absolute Gasteiger partial charge is 0.465 e. The van der Waals surface area contributed by atoms with Crippen LogP contribution in [-0.4, -0.2) is 66.4 Å². The Balaban J connectivity index is 1.56. The minimum Gasteiger partial charge on any atom is -0.465 e. The number of amides is 2. The van der Waals surface area contributed by atoms with Gasteiger partial charge < -0.3 is 29.5 Å². The van der Waals surface area contributed by atoms with Crippen LogP contribution in [0, 0.1) is 5.92 Å². The molecule has 0 aromatic heterocycles. The molecule has 2 amide bonds. The number of nitrogens with one attached hydrogen (secondary N) is 1. The van der Waals surface area contributed by atoms with Crippen molar-refractivity contribution in [2.45, 2.75) is 51.7 Å². The first-order valence-corrected chi connectivity index (χ1v) is 12.0. The number of aliphatic hydroxyl groups excluding tert-OH is 1. The number of rotatable bonds is 10. The highest BCUT2D eigenvalue weighted by Gasteiger charge is 2.38. The molecule has 36 heavy (non-hydrogen) atoms. The number of carbonyl (C=O) groups excluding carboxylic acids is 3. The molecule has 2 N–H and O–H groups in total. The normalized spacial score (nSPS) is 18.1. The molecule has 0 saturated carbocycles. The van der Waals surface area contributed by atoms with E-state index in [1.807, 2.05) is 44.2 Å². The number of β-amino-alcohol motifs (C(OH)–C–C–N with tert-alkyl or cyclic N) is 1. The molecule has 1 heterocycles. The average molecular weight is 499 g/mol. The lowest BCUT2D eigenvalue weighted by Gasteiger charge is -2.25. The van der Waals surface area contributed by atoms with Crippen LogP contribution in [0.15, 0.2) is 54.6 Å². The molecule has 0 aliphatic carbocycles. The van der Waals surface area contributed by atoms with E-state index in [4.69, 9.17) is 14.2 Å². The summed E-state index contributed by atoms with van der Waals surface area (Å²) < 4.78 is 15.9. The van der Waals surface area contributed by atoms with Crippen molar-refractivity contribution in [1.82, 2.24) is 10.2 Å². The second-order valence-corrected chi connectivity index (χ2v) is 9.24. The first-order chi connectivity index (χ1) is 17.3. The molecule has 9 nitrogen and oxygen atoms in total. The Morgan fingerprint density at radius 1 is 1.03 bits per heavy atom. The summed E-state index contributed by atoms with van der Waals surface area (Å²) in [6.45, 7) is 4.47. The third-order valence-electron chi connectivity index (χ3n) is 5.87. The van der Waals surface area contributed by atoms with Gasteiger partial charge in [0.1, 0.15) is 18.8 Å². The van der Waals surface area contributed by atoms with Gasteiger partial charge in [-0.25, -0.2) is 9.59 Å². The summed E-state index contributed by atoms with van der Waals surface area (Å²) in [5, 5.41) is 13.2.